The first kappa shape index (κ1) is 14.2. The number of nitrogens with zero attached hydrogens (tertiary/aromatic N) is 3. The molecule has 0 radical (unpaired) electrons. The zero-order chi connectivity index (χ0) is 13.8. The van der Waals surface area contributed by atoms with Gasteiger partial charge in [-0.25, -0.2) is 8.78 Å². The van der Waals surface area contributed by atoms with Gasteiger partial charge in [-0.3, -0.25) is 4.90 Å². The summed E-state index contributed by atoms with van der Waals surface area (Å²) in [6.45, 7) is 5.49. The van der Waals surface area contributed by atoms with Gasteiger partial charge in [0.1, 0.15) is 11.6 Å². The summed E-state index contributed by atoms with van der Waals surface area (Å²) in [5.41, 5.74) is 0.508. The molecule has 0 saturated carbocycles. The topological polar surface area (TPSA) is 9.72 Å². The highest BCUT2D eigenvalue weighted by molar-refractivity contribution is 5.48. The zero-order valence-electron chi connectivity index (χ0n) is 11.6. The van der Waals surface area contributed by atoms with Crippen LogP contribution in [0.2, 0.25) is 0 Å². The molecule has 1 fully saturated rings. The molecule has 0 atom stereocenters. The quantitative estimate of drug-likeness (QED) is 0.823. The Hall–Kier alpha value is -1.20. The van der Waals surface area contributed by atoms with Gasteiger partial charge in [0, 0.05) is 45.3 Å². The molecule has 1 saturated heterocycles. The maximum absolute atomic E-state index is 13.7. The zero-order valence-corrected chi connectivity index (χ0v) is 11.6. The second-order valence-electron chi connectivity index (χ2n) is 5.23. The van der Waals surface area contributed by atoms with E-state index in [2.05, 4.69) is 23.9 Å². The smallest absolute Gasteiger partial charge is 0.149 e. The van der Waals surface area contributed by atoms with Crippen LogP contribution in [0.5, 0.6) is 0 Å². The second kappa shape index (κ2) is 6.30. The third-order valence-corrected chi connectivity index (χ3v) is 3.49. The van der Waals surface area contributed by atoms with Crippen molar-refractivity contribution in [3.63, 3.8) is 0 Å². The first-order chi connectivity index (χ1) is 9.06. The molecule has 0 spiro atoms. The van der Waals surface area contributed by atoms with E-state index < -0.39 is 11.6 Å². The van der Waals surface area contributed by atoms with Crippen LogP contribution in [0.25, 0.3) is 0 Å². The molecule has 0 aromatic heterocycles. The predicted molar refractivity (Wildman–Crippen MR) is 73.6 cm³/mol. The minimum atomic E-state index is -0.522. The molecular weight excluding hydrogens is 248 g/mol. The molecular formula is C14H21F2N3. The van der Waals surface area contributed by atoms with Crippen molar-refractivity contribution in [1.29, 1.82) is 0 Å². The van der Waals surface area contributed by atoms with Gasteiger partial charge in [-0.15, -0.1) is 0 Å². The van der Waals surface area contributed by atoms with E-state index in [-0.39, 0.29) is 0 Å². The maximum atomic E-state index is 13.7. The summed E-state index contributed by atoms with van der Waals surface area (Å²) in [5.74, 6) is -0.993. The standard InChI is InChI=1S/C14H21F2N3/c1-17(2)5-6-18-7-9-19(10-8-18)14-4-3-12(15)11-13(14)16/h3-4,11H,5-10H2,1-2H3. The first-order valence-electron chi connectivity index (χ1n) is 6.63. The van der Waals surface area contributed by atoms with E-state index in [0.717, 1.165) is 45.3 Å². The van der Waals surface area contributed by atoms with Crippen LogP contribution in [0, 0.1) is 11.6 Å². The number of anilines is 1. The fourth-order valence-corrected chi connectivity index (χ4v) is 2.29. The third-order valence-electron chi connectivity index (χ3n) is 3.49. The molecule has 0 unspecified atom stereocenters. The van der Waals surface area contributed by atoms with Gasteiger partial charge in [0.15, 0.2) is 0 Å². The third kappa shape index (κ3) is 3.88. The lowest BCUT2D eigenvalue weighted by atomic mass is 10.2. The molecule has 1 heterocycles. The van der Waals surface area contributed by atoms with E-state index in [9.17, 15) is 8.78 Å². The average Bonchev–Trinajstić information content (AvgIpc) is 2.37. The van der Waals surface area contributed by atoms with Gasteiger partial charge in [0.2, 0.25) is 0 Å². The Kier molecular flexibility index (Phi) is 4.71. The molecule has 19 heavy (non-hydrogen) atoms. The van der Waals surface area contributed by atoms with Crippen LogP contribution in [-0.2, 0) is 0 Å². The summed E-state index contributed by atoms with van der Waals surface area (Å²) < 4.78 is 26.6. The fourth-order valence-electron chi connectivity index (χ4n) is 2.29. The van der Waals surface area contributed by atoms with Gasteiger partial charge in [0.05, 0.1) is 5.69 Å². The summed E-state index contributed by atoms with van der Waals surface area (Å²) in [4.78, 5) is 6.52. The Morgan fingerprint density at radius 2 is 1.79 bits per heavy atom. The number of rotatable bonds is 4. The molecule has 106 valence electrons. The number of likely N-dealkylation sites (N-methyl/N-ethyl adjacent to an activating group) is 1. The fraction of sp³-hybridized carbons (Fsp3) is 0.571. The van der Waals surface area contributed by atoms with E-state index in [0.29, 0.717) is 5.69 Å². The molecule has 3 nitrogen and oxygen atoms in total. The van der Waals surface area contributed by atoms with E-state index in [4.69, 9.17) is 0 Å². The lowest BCUT2D eigenvalue weighted by Crippen LogP contribution is -2.48. The number of piperazine rings is 1. The largest absolute Gasteiger partial charge is 0.367 e. The Bertz CT molecular complexity index is 415. The molecule has 0 N–H and O–H groups in total. The Labute approximate surface area is 113 Å². The highest BCUT2D eigenvalue weighted by atomic mass is 19.1. The Morgan fingerprint density at radius 3 is 2.37 bits per heavy atom. The van der Waals surface area contributed by atoms with Crippen molar-refractivity contribution in [1.82, 2.24) is 9.80 Å². The van der Waals surface area contributed by atoms with Crippen LogP contribution in [0.1, 0.15) is 0 Å². The highest BCUT2D eigenvalue weighted by Crippen LogP contribution is 2.21. The van der Waals surface area contributed by atoms with Crippen LogP contribution in [-0.4, -0.2) is 63.2 Å². The molecule has 1 aromatic carbocycles. The highest BCUT2D eigenvalue weighted by Gasteiger charge is 2.19. The number of benzene rings is 1. The Morgan fingerprint density at radius 1 is 1.11 bits per heavy atom. The normalized spacial score (nSPS) is 17.2. The molecule has 5 heteroatoms. The number of hydrogen-bond acceptors (Lipinski definition) is 3. The summed E-state index contributed by atoms with van der Waals surface area (Å²) >= 11 is 0. The Balaban J connectivity index is 1.89. The monoisotopic (exact) mass is 269 g/mol. The number of halogens is 2. The van der Waals surface area contributed by atoms with E-state index in [1.807, 2.05) is 4.90 Å². The molecule has 2 rings (SSSR count). The molecule has 0 aliphatic carbocycles. The van der Waals surface area contributed by atoms with Gasteiger partial charge < -0.3 is 9.80 Å². The average molecular weight is 269 g/mol. The van der Waals surface area contributed by atoms with Gasteiger partial charge in [-0.1, -0.05) is 0 Å². The van der Waals surface area contributed by atoms with E-state index >= 15 is 0 Å². The van der Waals surface area contributed by atoms with Crippen LogP contribution in [0.15, 0.2) is 18.2 Å². The summed E-state index contributed by atoms with van der Waals surface area (Å²) in [7, 11) is 4.12. The van der Waals surface area contributed by atoms with Crippen LogP contribution in [0.4, 0.5) is 14.5 Å². The molecule has 1 aromatic rings. The molecule has 0 bridgehead atoms. The molecule has 1 aliphatic heterocycles. The first-order valence-corrected chi connectivity index (χ1v) is 6.63. The lowest BCUT2D eigenvalue weighted by molar-refractivity contribution is 0.229. The van der Waals surface area contributed by atoms with Crippen LogP contribution >= 0.6 is 0 Å². The van der Waals surface area contributed by atoms with Crippen molar-refractivity contribution in [2.45, 2.75) is 0 Å². The molecule has 1 aliphatic rings. The predicted octanol–water partition coefficient (Wildman–Crippen LogP) is 1.65. The van der Waals surface area contributed by atoms with E-state index in [1.54, 1.807) is 0 Å². The lowest BCUT2D eigenvalue weighted by Gasteiger charge is -2.36. The molecule has 0 amide bonds. The summed E-state index contributed by atoms with van der Waals surface area (Å²) in [6.07, 6.45) is 0. The second-order valence-corrected chi connectivity index (χ2v) is 5.23. The van der Waals surface area contributed by atoms with Crippen molar-refractivity contribution in [2.75, 3.05) is 58.3 Å². The maximum Gasteiger partial charge on any atom is 0.149 e. The van der Waals surface area contributed by atoms with Crippen molar-refractivity contribution in [2.24, 2.45) is 0 Å². The SMILES string of the molecule is CN(C)CCN1CCN(c2ccc(F)cc2F)CC1. The minimum absolute atomic E-state index is 0.471. The number of hydrogen-bond donors (Lipinski definition) is 0. The van der Waals surface area contributed by atoms with Crippen molar-refractivity contribution < 1.29 is 8.78 Å². The summed E-state index contributed by atoms with van der Waals surface area (Å²) in [6, 6.07) is 3.80. The van der Waals surface area contributed by atoms with Crippen molar-refractivity contribution >= 4 is 5.69 Å². The van der Waals surface area contributed by atoms with Crippen molar-refractivity contribution in [3.8, 4) is 0 Å². The van der Waals surface area contributed by atoms with Gasteiger partial charge in [-0.2, -0.15) is 0 Å². The van der Waals surface area contributed by atoms with Crippen LogP contribution in [0.3, 0.4) is 0 Å². The van der Waals surface area contributed by atoms with Crippen molar-refractivity contribution in [3.05, 3.63) is 29.8 Å². The van der Waals surface area contributed by atoms with Gasteiger partial charge in [0.25, 0.3) is 0 Å². The van der Waals surface area contributed by atoms with Crippen LogP contribution < -0.4 is 4.90 Å². The van der Waals surface area contributed by atoms with E-state index in [1.165, 1.54) is 12.1 Å². The van der Waals surface area contributed by atoms with Gasteiger partial charge >= 0.3 is 0 Å². The van der Waals surface area contributed by atoms with Gasteiger partial charge in [-0.05, 0) is 26.2 Å². The summed E-state index contributed by atoms with van der Waals surface area (Å²) in [5, 5.41) is 0. The minimum Gasteiger partial charge on any atom is -0.367 e.